The van der Waals surface area contributed by atoms with Gasteiger partial charge in [0, 0.05) is 22.3 Å². The Kier molecular flexibility index (Phi) is 8.07. The molecule has 0 fully saturated rings. The summed E-state index contributed by atoms with van der Waals surface area (Å²) in [6, 6.07) is 36.1. The first kappa shape index (κ1) is 30.6. The van der Waals surface area contributed by atoms with E-state index in [1.165, 1.54) is 0 Å². The van der Waals surface area contributed by atoms with E-state index >= 15 is 0 Å². The van der Waals surface area contributed by atoms with Crippen LogP contribution in [0.5, 0.6) is 0 Å². The summed E-state index contributed by atoms with van der Waals surface area (Å²) in [5.74, 6) is -0.927. The lowest BCUT2D eigenvalue weighted by Gasteiger charge is -2.39. The quantitative estimate of drug-likeness (QED) is 0.201. The molecule has 48 heavy (non-hydrogen) atoms. The summed E-state index contributed by atoms with van der Waals surface area (Å²) in [7, 11) is 0. The summed E-state index contributed by atoms with van der Waals surface area (Å²) in [6.07, 6.45) is 0. The maximum absolute atomic E-state index is 13.8. The molecule has 4 aromatic rings. The normalized spacial score (nSPS) is 15.3. The van der Waals surface area contributed by atoms with E-state index in [1.54, 1.807) is 13.8 Å². The molecule has 0 saturated carbocycles. The summed E-state index contributed by atoms with van der Waals surface area (Å²) < 4.78 is 11.3. The molecule has 0 saturated heterocycles. The number of aryl methyl sites for hydroxylation is 2. The zero-order valence-electron chi connectivity index (χ0n) is 27.3. The molecule has 3 aliphatic rings. The van der Waals surface area contributed by atoms with Crippen LogP contribution in [0.3, 0.4) is 0 Å². The van der Waals surface area contributed by atoms with Crippen LogP contribution in [-0.2, 0) is 19.1 Å². The number of hydrogen-bond donors (Lipinski definition) is 2. The molecule has 0 unspecified atom stereocenters. The van der Waals surface area contributed by atoms with Gasteiger partial charge in [-0.2, -0.15) is 0 Å². The summed E-state index contributed by atoms with van der Waals surface area (Å²) in [6.45, 7) is 8.11. The number of hydrazine groups is 2. The molecule has 0 aliphatic carbocycles. The number of esters is 2. The van der Waals surface area contributed by atoms with Gasteiger partial charge in [0.05, 0.1) is 36.0 Å². The van der Waals surface area contributed by atoms with Crippen molar-refractivity contribution in [3.63, 3.8) is 0 Å². The lowest BCUT2D eigenvalue weighted by Crippen LogP contribution is -2.42. The van der Waals surface area contributed by atoms with Crippen LogP contribution in [0, 0.1) is 13.8 Å². The van der Waals surface area contributed by atoms with Crippen molar-refractivity contribution >= 4 is 34.5 Å². The van der Waals surface area contributed by atoms with Crippen molar-refractivity contribution in [3.8, 4) is 0 Å². The van der Waals surface area contributed by atoms with Gasteiger partial charge < -0.3 is 9.47 Å². The number of carbonyl (C=O) groups excluding carboxylic acids is 2. The molecule has 0 aromatic heterocycles. The van der Waals surface area contributed by atoms with E-state index in [4.69, 9.17) is 9.47 Å². The van der Waals surface area contributed by atoms with Crippen LogP contribution in [-0.4, -0.2) is 35.2 Å². The Hall–Kier alpha value is -6.02. The van der Waals surface area contributed by atoms with Crippen molar-refractivity contribution in [3.05, 3.63) is 165 Å². The number of nitrogens with one attached hydrogen (secondary N) is 2. The summed E-state index contributed by atoms with van der Waals surface area (Å²) in [5, 5.41) is 3.93. The molecule has 3 heterocycles. The van der Waals surface area contributed by atoms with Crippen LogP contribution in [0.15, 0.2) is 132 Å². The van der Waals surface area contributed by atoms with Gasteiger partial charge in [-0.15, -0.1) is 0 Å². The highest BCUT2D eigenvalue weighted by Crippen LogP contribution is 2.53. The molecule has 3 aliphatic heterocycles. The van der Waals surface area contributed by atoms with E-state index < -0.39 is 11.9 Å². The lowest BCUT2D eigenvalue weighted by atomic mass is 9.91. The Morgan fingerprint density at radius 2 is 0.854 bits per heavy atom. The van der Waals surface area contributed by atoms with Gasteiger partial charge in [-0.25, -0.2) is 9.59 Å². The minimum Gasteiger partial charge on any atom is -0.461 e. The predicted molar refractivity (Wildman–Crippen MR) is 186 cm³/mol. The molecule has 8 nitrogen and oxygen atoms in total. The Morgan fingerprint density at radius 1 is 0.500 bits per heavy atom. The van der Waals surface area contributed by atoms with Crippen molar-refractivity contribution in [1.29, 1.82) is 0 Å². The Labute approximate surface area is 280 Å². The Balaban J connectivity index is 1.59. The monoisotopic (exact) mass is 636 g/mol. The topological polar surface area (TPSA) is 83.1 Å². The third-order valence-electron chi connectivity index (χ3n) is 8.50. The second-order valence-electron chi connectivity index (χ2n) is 11.7. The molecular weight excluding hydrogens is 600 g/mol. The van der Waals surface area contributed by atoms with Crippen molar-refractivity contribution in [1.82, 2.24) is 20.9 Å². The number of allylic oxidation sites excluding steroid dienone is 2. The number of ether oxygens (including phenoxy) is 2. The van der Waals surface area contributed by atoms with E-state index in [9.17, 15) is 9.59 Å². The number of nitrogens with zero attached hydrogens (tertiary/aromatic N) is 2. The van der Waals surface area contributed by atoms with Gasteiger partial charge >= 0.3 is 11.9 Å². The third kappa shape index (κ3) is 5.21. The SMILES string of the molecule is CCOC(=O)C1=C(c2ccc(C)cc2)C2=C(c3ccccc3)N3NC(C(=O)OCC)=C(c4ccc(C)cc4)C3=C(c3ccccc3)N2N1. The first-order valence-electron chi connectivity index (χ1n) is 16.1. The fourth-order valence-electron chi connectivity index (χ4n) is 6.33. The second-order valence-corrected chi connectivity index (χ2v) is 11.7. The number of rotatable bonds is 8. The van der Waals surface area contributed by atoms with Crippen LogP contribution in [0.25, 0.3) is 22.5 Å². The van der Waals surface area contributed by atoms with Crippen LogP contribution in [0.1, 0.15) is 47.2 Å². The van der Waals surface area contributed by atoms with E-state index in [0.29, 0.717) is 22.5 Å². The molecule has 0 amide bonds. The zero-order valence-corrected chi connectivity index (χ0v) is 27.3. The van der Waals surface area contributed by atoms with Gasteiger partial charge in [-0.05, 0) is 38.8 Å². The molecule has 7 rings (SSSR count). The van der Waals surface area contributed by atoms with Crippen molar-refractivity contribution in [2.45, 2.75) is 27.7 Å². The van der Waals surface area contributed by atoms with E-state index in [1.807, 2.05) is 133 Å². The molecule has 0 spiro atoms. The van der Waals surface area contributed by atoms with Crippen LogP contribution < -0.4 is 10.9 Å². The van der Waals surface area contributed by atoms with Gasteiger partial charge in [0.1, 0.15) is 0 Å². The molecule has 2 N–H and O–H groups in total. The van der Waals surface area contributed by atoms with E-state index in [-0.39, 0.29) is 13.2 Å². The second kappa shape index (κ2) is 12.6. The van der Waals surface area contributed by atoms with Gasteiger partial charge in [0.15, 0.2) is 11.4 Å². The minimum atomic E-state index is -0.463. The van der Waals surface area contributed by atoms with E-state index in [0.717, 1.165) is 56.2 Å². The van der Waals surface area contributed by atoms with E-state index in [2.05, 4.69) is 10.9 Å². The van der Waals surface area contributed by atoms with Gasteiger partial charge in [-0.3, -0.25) is 20.9 Å². The predicted octanol–water partition coefficient (Wildman–Crippen LogP) is 6.94. The number of benzene rings is 4. The third-order valence-corrected chi connectivity index (χ3v) is 8.50. The fraction of sp³-hybridized carbons (Fsp3) is 0.150. The van der Waals surface area contributed by atoms with Crippen molar-refractivity contribution in [2.24, 2.45) is 0 Å². The van der Waals surface area contributed by atoms with Crippen molar-refractivity contribution in [2.75, 3.05) is 13.2 Å². The Bertz CT molecular complexity index is 1880. The molecule has 0 atom stereocenters. The number of hydrogen-bond acceptors (Lipinski definition) is 8. The number of fused-ring (bicyclic) bond motifs is 2. The summed E-state index contributed by atoms with van der Waals surface area (Å²) in [5.41, 5.74) is 17.6. The van der Waals surface area contributed by atoms with Crippen LogP contribution >= 0.6 is 0 Å². The van der Waals surface area contributed by atoms with Gasteiger partial charge in [0.2, 0.25) is 0 Å². The maximum Gasteiger partial charge on any atom is 0.356 e. The average molecular weight is 637 g/mol. The first-order valence-corrected chi connectivity index (χ1v) is 16.1. The Morgan fingerprint density at radius 3 is 1.19 bits per heavy atom. The molecule has 8 heteroatoms. The first-order chi connectivity index (χ1) is 23.4. The summed E-state index contributed by atoms with van der Waals surface area (Å²) in [4.78, 5) is 27.6. The molecule has 0 bridgehead atoms. The number of carbonyl (C=O) groups is 2. The molecular formula is C40H36N4O4. The molecule has 0 radical (unpaired) electrons. The average Bonchev–Trinajstić information content (AvgIpc) is 3.69. The summed E-state index contributed by atoms with van der Waals surface area (Å²) >= 11 is 0. The lowest BCUT2D eigenvalue weighted by molar-refractivity contribution is -0.140. The van der Waals surface area contributed by atoms with Crippen LogP contribution in [0.2, 0.25) is 0 Å². The van der Waals surface area contributed by atoms with Gasteiger partial charge in [-0.1, -0.05) is 120 Å². The zero-order chi connectivity index (χ0) is 33.4. The van der Waals surface area contributed by atoms with Gasteiger partial charge in [0.25, 0.3) is 0 Å². The minimum absolute atomic E-state index is 0.222. The highest BCUT2D eigenvalue weighted by molar-refractivity contribution is 6.11. The smallest absolute Gasteiger partial charge is 0.356 e. The molecule has 4 aromatic carbocycles. The standard InChI is InChI=1S/C40H36N4O4/c1-5-47-39(45)33-31(27-21-17-25(3)18-22-27)37-35(29-13-9-7-10-14-29)44-38(36(43(37)41-33)30-15-11-8-12-16-30)32(28-23-19-26(4)20-24-28)34(42-44)40(46)48-6-2/h7-24,41-42H,5-6H2,1-4H3. The molecule has 240 valence electrons. The van der Waals surface area contributed by atoms with Crippen molar-refractivity contribution < 1.29 is 19.1 Å². The largest absolute Gasteiger partial charge is 0.461 e. The highest BCUT2D eigenvalue weighted by Gasteiger charge is 2.48. The maximum atomic E-state index is 13.8. The fourth-order valence-corrected chi connectivity index (χ4v) is 6.33. The highest BCUT2D eigenvalue weighted by atomic mass is 16.5. The van der Waals surface area contributed by atoms with Crippen LogP contribution in [0.4, 0.5) is 0 Å².